The molecular formula is C31H45N7O2. The summed E-state index contributed by atoms with van der Waals surface area (Å²) >= 11 is 0. The summed E-state index contributed by atoms with van der Waals surface area (Å²) in [7, 11) is 1.60. The van der Waals surface area contributed by atoms with Crippen molar-refractivity contribution in [1.29, 1.82) is 0 Å². The molecule has 0 atom stereocenters. The minimum atomic E-state index is 0.00463. The van der Waals surface area contributed by atoms with Gasteiger partial charge in [-0.3, -0.25) is 9.59 Å². The summed E-state index contributed by atoms with van der Waals surface area (Å²) in [5.74, 6) is 0.581. The zero-order chi connectivity index (χ0) is 29.0. The number of rotatable bonds is 5. The molecule has 40 heavy (non-hydrogen) atoms. The van der Waals surface area contributed by atoms with Crippen molar-refractivity contribution in [3.05, 3.63) is 72.6 Å². The molecule has 2 amide bonds. The Hall–Kier alpha value is -3.98. The van der Waals surface area contributed by atoms with Crippen LogP contribution in [0.4, 0.5) is 17.3 Å². The maximum atomic E-state index is 10.8. The number of benzene rings is 1. The van der Waals surface area contributed by atoms with Gasteiger partial charge >= 0.3 is 0 Å². The number of hydrogen-bond acceptors (Lipinski definition) is 7. The predicted octanol–water partition coefficient (Wildman–Crippen LogP) is 4.55. The molecular weight excluding hydrogens is 502 g/mol. The maximum absolute atomic E-state index is 10.8. The Morgan fingerprint density at radius 1 is 1.00 bits per heavy atom. The van der Waals surface area contributed by atoms with Gasteiger partial charge in [-0.15, -0.1) is 0 Å². The fourth-order valence-corrected chi connectivity index (χ4v) is 3.93. The Kier molecular flexibility index (Phi) is 15.4. The van der Waals surface area contributed by atoms with Crippen LogP contribution in [0.25, 0.3) is 5.57 Å². The van der Waals surface area contributed by atoms with Crippen molar-refractivity contribution in [2.45, 2.75) is 40.0 Å². The Morgan fingerprint density at radius 2 is 1.68 bits per heavy atom. The van der Waals surface area contributed by atoms with Gasteiger partial charge in [-0.05, 0) is 68.3 Å². The molecule has 0 saturated carbocycles. The SMILES string of the molecule is C1CCNC1.CC.CNC(C)=O.O=CN1CCN(c2ccc(Nc3nccc(C4=CC=CCC=C4)n3)cc2)CC1. The molecule has 1 aromatic heterocycles. The molecule has 3 aliphatic rings. The van der Waals surface area contributed by atoms with Crippen molar-refractivity contribution in [1.82, 2.24) is 25.5 Å². The van der Waals surface area contributed by atoms with Crippen LogP contribution in [0, 0.1) is 0 Å². The molecule has 3 heterocycles. The van der Waals surface area contributed by atoms with E-state index in [0.29, 0.717) is 5.95 Å². The smallest absolute Gasteiger partial charge is 0.227 e. The first-order valence-electron chi connectivity index (χ1n) is 14.2. The van der Waals surface area contributed by atoms with E-state index in [0.717, 1.165) is 61.7 Å². The quantitative estimate of drug-likeness (QED) is 0.472. The highest BCUT2D eigenvalue weighted by atomic mass is 16.1. The second-order valence-electron chi connectivity index (χ2n) is 9.02. The van der Waals surface area contributed by atoms with Crippen molar-refractivity contribution in [2.75, 3.05) is 56.5 Å². The number of carbonyl (C=O) groups excluding carboxylic acids is 2. The summed E-state index contributed by atoms with van der Waals surface area (Å²) in [6.07, 6.45) is 16.9. The lowest BCUT2D eigenvalue weighted by Crippen LogP contribution is -2.45. The summed E-state index contributed by atoms with van der Waals surface area (Å²) < 4.78 is 0. The molecule has 3 N–H and O–H groups in total. The van der Waals surface area contributed by atoms with E-state index in [2.05, 4.69) is 73.3 Å². The van der Waals surface area contributed by atoms with E-state index in [1.807, 2.05) is 36.9 Å². The molecule has 9 nitrogen and oxygen atoms in total. The largest absolute Gasteiger partial charge is 0.368 e. The number of nitrogens with zero attached hydrogens (tertiary/aromatic N) is 4. The fourth-order valence-electron chi connectivity index (χ4n) is 3.93. The highest BCUT2D eigenvalue weighted by Gasteiger charge is 2.15. The summed E-state index contributed by atoms with van der Waals surface area (Å²) in [6.45, 7) is 11.2. The Balaban J connectivity index is 0.000000392. The van der Waals surface area contributed by atoms with Gasteiger partial charge in [-0.2, -0.15) is 0 Å². The van der Waals surface area contributed by atoms with Crippen LogP contribution < -0.4 is 20.9 Å². The van der Waals surface area contributed by atoms with Crippen molar-refractivity contribution >= 4 is 35.2 Å². The van der Waals surface area contributed by atoms with Crippen LogP contribution in [0.15, 0.2) is 66.9 Å². The number of amides is 2. The van der Waals surface area contributed by atoms with Gasteiger partial charge in [-0.1, -0.05) is 44.2 Å². The number of allylic oxidation sites excluding steroid dienone is 6. The molecule has 2 fully saturated rings. The number of piperazine rings is 1. The van der Waals surface area contributed by atoms with Crippen LogP contribution in [0.2, 0.25) is 0 Å². The van der Waals surface area contributed by atoms with Gasteiger partial charge in [0.25, 0.3) is 0 Å². The normalized spacial score (nSPS) is 15.6. The second kappa shape index (κ2) is 19.1. The molecule has 1 aromatic carbocycles. The Morgan fingerprint density at radius 3 is 2.25 bits per heavy atom. The van der Waals surface area contributed by atoms with Crippen molar-refractivity contribution in [2.24, 2.45) is 0 Å². The summed E-state index contributed by atoms with van der Waals surface area (Å²) in [4.78, 5) is 33.6. The summed E-state index contributed by atoms with van der Waals surface area (Å²) in [6, 6.07) is 10.2. The van der Waals surface area contributed by atoms with E-state index < -0.39 is 0 Å². The standard InChI is InChI=1S/C22H23N5O.C4H9N.C3H7NO.C2H6/c28-17-26-13-15-27(16-14-26)20-9-7-19(8-10-20)24-22-23-12-11-21(25-22)18-5-3-1-2-4-6-18;1-2-4-5-3-1;1-3(5)4-2;1-2/h1,3-12,17H,2,13-16H2,(H,23,24,25);5H,1-4H2;1-2H3,(H,4,5);1-2H3. The molecule has 0 bridgehead atoms. The van der Waals surface area contributed by atoms with Crippen LogP contribution in [-0.2, 0) is 9.59 Å². The molecule has 0 spiro atoms. The van der Waals surface area contributed by atoms with Gasteiger partial charge in [0, 0.05) is 57.7 Å². The molecule has 0 radical (unpaired) electrons. The number of hydrogen-bond donors (Lipinski definition) is 3. The van der Waals surface area contributed by atoms with E-state index >= 15 is 0 Å². The lowest BCUT2D eigenvalue weighted by atomic mass is 10.1. The first kappa shape index (κ1) is 32.2. The van der Waals surface area contributed by atoms with Gasteiger partial charge in [0.2, 0.25) is 18.3 Å². The van der Waals surface area contributed by atoms with Crippen LogP contribution in [0.3, 0.4) is 0 Å². The molecule has 5 rings (SSSR count). The number of nitrogens with one attached hydrogen (secondary N) is 3. The van der Waals surface area contributed by atoms with E-state index in [9.17, 15) is 9.59 Å². The average molecular weight is 548 g/mol. The number of aromatic nitrogens is 2. The predicted molar refractivity (Wildman–Crippen MR) is 166 cm³/mol. The van der Waals surface area contributed by atoms with Gasteiger partial charge in [0.15, 0.2) is 0 Å². The molecule has 2 saturated heterocycles. The Bertz CT molecular complexity index is 1090. The lowest BCUT2D eigenvalue weighted by molar-refractivity contribution is -0.119. The van der Waals surface area contributed by atoms with E-state index in [-0.39, 0.29) is 5.91 Å². The van der Waals surface area contributed by atoms with E-state index in [1.54, 1.807) is 13.2 Å². The monoisotopic (exact) mass is 547 g/mol. The van der Waals surface area contributed by atoms with Crippen LogP contribution in [0.5, 0.6) is 0 Å². The molecule has 2 aliphatic heterocycles. The molecule has 216 valence electrons. The minimum Gasteiger partial charge on any atom is -0.368 e. The molecule has 1 aliphatic carbocycles. The number of anilines is 3. The first-order valence-corrected chi connectivity index (χ1v) is 14.2. The third kappa shape index (κ3) is 11.8. The average Bonchev–Trinajstić information content (AvgIpc) is 3.49. The van der Waals surface area contributed by atoms with Crippen LogP contribution in [0.1, 0.15) is 45.7 Å². The topological polar surface area (TPSA) is 102 Å². The lowest BCUT2D eigenvalue weighted by Gasteiger charge is -2.34. The van der Waals surface area contributed by atoms with Crippen LogP contribution in [-0.4, -0.2) is 73.5 Å². The molecule has 0 unspecified atom stereocenters. The molecule has 9 heteroatoms. The van der Waals surface area contributed by atoms with Crippen molar-refractivity contribution in [3.63, 3.8) is 0 Å². The third-order valence-electron chi connectivity index (χ3n) is 6.19. The second-order valence-corrected chi connectivity index (χ2v) is 9.02. The summed E-state index contributed by atoms with van der Waals surface area (Å²) in [5, 5.41) is 8.89. The highest BCUT2D eigenvalue weighted by molar-refractivity contribution is 5.74. The van der Waals surface area contributed by atoms with Gasteiger partial charge < -0.3 is 25.8 Å². The molecule has 2 aromatic rings. The zero-order valence-corrected chi connectivity index (χ0v) is 24.4. The van der Waals surface area contributed by atoms with Crippen LogP contribution >= 0.6 is 0 Å². The summed E-state index contributed by atoms with van der Waals surface area (Å²) in [5.41, 5.74) is 4.07. The van der Waals surface area contributed by atoms with Crippen molar-refractivity contribution in [3.8, 4) is 0 Å². The Labute approximate surface area is 239 Å². The minimum absolute atomic E-state index is 0.00463. The zero-order valence-electron chi connectivity index (χ0n) is 24.4. The van der Waals surface area contributed by atoms with Gasteiger partial charge in [0.05, 0.1) is 5.69 Å². The third-order valence-corrected chi connectivity index (χ3v) is 6.19. The maximum Gasteiger partial charge on any atom is 0.227 e. The highest BCUT2D eigenvalue weighted by Crippen LogP contribution is 2.22. The number of carbonyl (C=O) groups is 2. The fraction of sp³-hybridized carbons (Fsp3) is 0.419. The van der Waals surface area contributed by atoms with E-state index in [1.165, 1.54) is 32.9 Å². The van der Waals surface area contributed by atoms with E-state index in [4.69, 9.17) is 0 Å². The van der Waals surface area contributed by atoms with Gasteiger partial charge in [0.1, 0.15) is 0 Å². The van der Waals surface area contributed by atoms with Gasteiger partial charge in [-0.25, -0.2) is 9.97 Å². The van der Waals surface area contributed by atoms with Crippen molar-refractivity contribution < 1.29 is 9.59 Å². The first-order chi connectivity index (χ1) is 19.6.